The maximum atomic E-state index is 13.7. The van der Waals surface area contributed by atoms with Crippen molar-refractivity contribution in [1.29, 1.82) is 0 Å². The lowest BCUT2D eigenvalue weighted by molar-refractivity contribution is 0.384. The molecule has 24 heavy (non-hydrogen) atoms. The van der Waals surface area contributed by atoms with E-state index in [0.29, 0.717) is 11.6 Å². The Morgan fingerprint density at radius 1 is 1.04 bits per heavy atom. The van der Waals surface area contributed by atoms with Crippen molar-refractivity contribution >= 4 is 10.0 Å². The van der Waals surface area contributed by atoms with E-state index >= 15 is 0 Å². The number of halogens is 3. The van der Waals surface area contributed by atoms with Gasteiger partial charge in [-0.25, -0.2) is 21.6 Å². The van der Waals surface area contributed by atoms with Crippen LogP contribution in [0.4, 0.5) is 13.2 Å². The molecule has 4 nitrogen and oxygen atoms in total. The van der Waals surface area contributed by atoms with Gasteiger partial charge >= 0.3 is 0 Å². The molecule has 2 aromatic rings. The first-order valence-electron chi connectivity index (χ1n) is 7.06. The molecule has 0 saturated heterocycles. The van der Waals surface area contributed by atoms with E-state index in [2.05, 4.69) is 0 Å². The quantitative estimate of drug-likeness (QED) is 0.795. The highest BCUT2D eigenvalue weighted by Gasteiger charge is 2.25. The van der Waals surface area contributed by atoms with Gasteiger partial charge in [0.1, 0.15) is 11.6 Å². The summed E-state index contributed by atoms with van der Waals surface area (Å²) in [7, 11) is -2.80. The number of benzene rings is 2. The SMILES string of the molecule is CCN(Cc1ccc(OC)c(F)c1)S(=O)(=O)c1cc(F)cc(F)c1. The molecule has 0 spiro atoms. The van der Waals surface area contributed by atoms with Gasteiger partial charge in [0.15, 0.2) is 11.6 Å². The summed E-state index contributed by atoms with van der Waals surface area (Å²) in [5, 5.41) is 0. The summed E-state index contributed by atoms with van der Waals surface area (Å²) in [6, 6.07) is 6.14. The van der Waals surface area contributed by atoms with Crippen molar-refractivity contribution in [2.75, 3.05) is 13.7 Å². The Bertz CT molecular complexity index is 820. The molecule has 0 heterocycles. The third-order valence-corrected chi connectivity index (χ3v) is 5.30. The van der Waals surface area contributed by atoms with Crippen LogP contribution in [0.1, 0.15) is 12.5 Å². The standard InChI is InChI=1S/C16H16F3NO3S/c1-3-20(10-11-4-5-16(23-2)15(19)6-11)24(21,22)14-8-12(17)7-13(18)9-14/h4-9H,3,10H2,1-2H3. The highest BCUT2D eigenvalue weighted by Crippen LogP contribution is 2.23. The summed E-state index contributed by atoms with van der Waals surface area (Å²) in [4.78, 5) is -0.490. The fraction of sp³-hybridized carbons (Fsp3) is 0.250. The van der Waals surface area contributed by atoms with E-state index in [-0.39, 0.29) is 18.8 Å². The molecule has 0 amide bonds. The highest BCUT2D eigenvalue weighted by atomic mass is 32.2. The van der Waals surface area contributed by atoms with Gasteiger partial charge in [0, 0.05) is 19.2 Å². The summed E-state index contributed by atoms with van der Waals surface area (Å²) in [5.41, 5.74) is 0.385. The Morgan fingerprint density at radius 2 is 1.67 bits per heavy atom. The monoisotopic (exact) mass is 359 g/mol. The third-order valence-electron chi connectivity index (χ3n) is 3.40. The van der Waals surface area contributed by atoms with Gasteiger partial charge in [0.05, 0.1) is 12.0 Å². The molecule has 130 valence electrons. The second-order valence-electron chi connectivity index (χ2n) is 5.01. The molecule has 0 aliphatic carbocycles. The molecule has 0 atom stereocenters. The predicted octanol–water partition coefficient (Wildman–Crippen LogP) is 3.32. The molecule has 0 bridgehead atoms. The van der Waals surface area contributed by atoms with Crippen LogP contribution in [0.2, 0.25) is 0 Å². The molecular formula is C16H16F3NO3S. The van der Waals surface area contributed by atoms with E-state index in [1.165, 1.54) is 19.2 Å². The first-order valence-corrected chi connectivity index (χ1v) is 8.50. The summed E-state index contributed by atoms with van der Waals surface area (Å²) >= 11 is 0. The van der Waals surface area contributed by atoms with Gasteiger partial charge in [-0.3, -0.25) is 0 Å². The van der Waals surface area contributed by atoms with E-state index in [0.717, 1.165) is 22.5 Å². The van der Waals surface area contributed by atoms with Crippen molar-refractivity contribution in [2.24, 2.45) is 0 Å². The Balaban J connectivity index is 2.34. The molecule has 0 unspecified atom stereocenters. The van der Waals surface area contributed by atoms with Crippen LogP contribution in [0.25, 0.3) is 0 Å². The minimum atomic E-state index is -4.12. The van der Waals surface area contributed by atoms with Crippen LogP contribution in [0.15, 0.2) is 41.3 Å². The van der Waals surface area contributed by atoms with Crippen LogP contribution in [0.5, 0.6) is 5.75 Å². The number of nitrogens with zero attached hydrogens (tertiary/aromatic N) is 1. The van der Waals surface area contributed by atoms with Crippen molar-refractivity contribution in [1.82, 2.24) is 4.31 Å². The average Bonchev–Trinajstić information content (AvgIpc) is 2.51. The lowest BCUT2D eigenvalue weighted by atomic mass is 10.2. The number of methoxy groups -OCH3 is 1. The van der Waals surface area contributed by atoms with Crippen LogP contribution in [0, 0.1) is 17.5 Å². The Hall–Kier alpha value is -2.06. The zero-order chi connectivity index (χ0) is 17.9. The minimum Gasteiger partial charge on any atom is -0.494 e. The Labute approximate surface area is 138 Å². The van der Waals surface area contributed by atoms with Crippen LogP contribution in [-0.4, -0.2) is 26.4 Å². The van der Waals surface area contributed by atoms with Gasteiger partial charge in [-0.1, -0.05) is 13.0 Å². The zero-order valence-corrected chi connectivity index (χ0v) is 13.9. The first-order chi connectivity index (χ1) is 11.3. The Kier molecular flexibility index (Phi) is 5.51. The molecule has 0 radical (unpaired) electrons. The second kappa shape index (κ2) is 7.23. The summed E-state index contributed by atoms with van der Waals surface area (Å²) in [6.07, 6.45) is 0. The smallest absolute Gasteiger partial charge is 0.243 e. The van der Waals surface area contributed by atoms with Gasteiger partial charge in [0.2, 0.25) is 10.0 Å². The van der Waals surface area contributed by atoms with Crippen molar-refractivity contribution in [2.45, 2.75) is 18.4 Å². The fourth-order valence-corrected chi connectivity index (χ4v) is 3.69. The molecule has 0 fully saturated rings. The number of hydrogen-bond donors (Lipinski definition) is 0. The normalized spacial score (nSPS) is 11.8. The van der Waals surface area contributed by atoms with Gasteiger partial charge in [-0.2, -0.15) is 4.31 Å². The maximum Gasteiger partial charge on any atom is 0.243 e. The fourth-order valence-electron chi connectivity index (χ4n) is 2.21. The maximum absolute atomic E-state index is 13.7. The van der Waals surface area contributed by atoms with Gasteiger partial charge < -0.3 is 4.74 Å². The number of sulfonamides is 1. The van der Waals surface area contributed by atoms with Crippen molar-refractivity contribution in [3.05, 3.63) is 59.4 Å². The minimum absolute atomic E-state index is 0.0388. The lowest BCUT2D eigenvalue weighted by Crippen LogP contribution is -2.30. The molecule has 8 heteroatoms. The van der Waals surface area contributed by atoms with E-state index in [1.54, 1.807) is 6.92 Å². The summed E-state index contributed by atoms with van der Waals surface area (Å²) < 4.78 is 71.3. The highest BCUT2D eigenvalue weighted by molar-refractivity contribution is 7.89. The van der Waals surface area contributed by atoms with E-state index < -0.39 is 32.4 Å². The van der Waals surface area contributed by atoms with Gasteiger partial charge in [-0.05, 0) is 29.8 Å². The predicted molar refractivity (Wildman–Crippen MR) is 82.6 cm³/mol. The number of rotatable bonds is 6. The molecule has 0 aromatic heterocycles. The van der Waals surface area contributed by atoms with Crippen LogP contribution < -0.4 is 4.74 Å². The van der Waals surface area contributed by atoms with E-state index in [4.69, 9.17) is 4.74 Å². The van der Waals surface area contributed by atoms with Crippen LogP contribution in [0.3, 0.4) is 0 Å². The summed E-state index contributed by atoms with van der Waals surface area (Å²) in [6.45, 7) is 1.49. The summed E-state index contributed by atoms with van der Waals surface area (Å²) in [5.74, 6) is -2.56. The van der Waals surface area contributed by atoms with Gasteiger partial charge in [0.25, 0.3) is 0 Å². The molecule has 0 N–H and O–H groups in total. The van der Waals surface area contributed by atoms with Gasteiger partial charge in [-0.15, -0.1) is 0 Å². The van der Waals surface area contributed by atoms with Crippen LogP contribution >= 0.6 is 0 Å². The van der Waals surface area contributed by atoms with Crippen molar-refractivity contribution < 1.29 is 26.3 Å². The Morgan fingerprint density at radius 3 is 2.17 bits per heavy atom. The molecule has 2 aromatic carbocycles. The van der Waals surface area contributed by atoms with E-state index in [1.807, 2.05) is 0 Å². The van der Waals surface area contributed by atoms with E-state index in [9.17, 15) is 21.6 Å². The second-order valence-corrected chi connectivity index (χ2v) is 6.94. The average molecular weight is 359 g/mol. The molecule has 0 saturated carbocycles. The molecule has 0 aliphatic rings. The molecule has 2 rings (SSSR count). The topological polar surface area (TPSA) is 46.6 Å². The number of hydrogen-bond acceptors (Lipinski definition) is 3. The van der Waals surface area contributed by atoms with Crippen LogP contribution in [-0.2, 0) is 16.6 Å². The zero-order valence-electron chi connectivity index (χ0n) is 13.1. The molecular weight excluding hydrogens is 343 g/mol. The van der Waals surface area contributed by atoms with Crippen molar-refractivity contribution in [3.63, 3.8) is 0 Å². The van der Waals surface area contributed by atoms with Crippen molar-refractivity contribution in [3.8, 4) is 5.75 Å². The third kappa shape index (κ3) is 3.88. The lowest BCUT2D eigenvalue weighted by Gasteiger charge is -2.21. The molecule has 0 aliphatic heterocycles. The largest absolute Gasteiger partial charge is 0.494 e. The number of ether oxygens (including phenoxy) is 1. The first kappa shape index (κ1) is 18.3.